The van der Waals surface area contributed by atoms with Gasteiger partial charge in [0.05, 0.1) is 7.11 Å². The van der Waals surface area contributed by atoms with Crippen LogP contribution in [-0.2, 0) is 29.4 Å². The number of carbonyl (C=O) groups excluding carboxylic acids is 4. The minimum absolute atomic E-state index is 0.334. The van der Waals surface area contributed by atoms with E-state index in [0.717, 1.165) is 0 Å². The fraction of sp³-hybridized carbons (Fsp3) is 0.444. The van der Waals surface area contributed by atoms with Gasteiger partial charge in [-0.05, 0) is 60.1 Å². The van der Waals surface area contributed by atoms with E-state index < -0.39 is 46.1 Å². The lowest BCUT2D eigenvalue weighted by atomic mass is 9.81. The number of nitrogens with zero attached hydrogens (tertiary/aromatic N) is 1. The number of pyridine rings is 1. The van der Waals surface area contributed by atoms with Crippen LogP contribution >= 0.6 is 0 Å². The van der Waals surface area contributed by atoms with Crippen LogP contribution in [0.2, 0.25) is 0 Å². The molecule has 1 heterocycles. The SMILES string of the molecule is COC(=O)C(C)(C)NC(=O)C(NC(=O)C(C)(C)NC(=O)OC(C)(C)C)(c1ccccc1)c1cccnc1. The number of hydrogen-bond donors (Lipinski definition) is 3. The zero-order valence-corrected chi connectivity index (χ0v) is 22.6. The Bertz CT molecular complexity index is 1090. The zero-order chi connectivity index (χ0) is 28.1. The average molecular weight is 513 g/mol. The third kappa shape index (κ3) is 7.05. The number of alkyl carbamates (subject to hydrolysis) is 1. The van der Waals surface area contributed by atoms with Crippen LogP contribution in [0, 0.1) is 0 Å². The Hall–Kier alpha value is -3.95. The fourth-order valence-electron chi connectivity index (χ4n) is 3.53. The number of benzene rings is 1. The number of rotatable bonds is 8. The second kappa shape index (κ2) is 11.0. The minimum Gasteiger partial charge on any atom is -0.467 e. The van der Waals surface area contributed by atoms with Gasteiger partial charge in [0, 0.05) is 18.0 Å². The largest absolute Gasteiger partial charge is 0.467 e. The molecule has 200 valence electrons. The number of esters is 1. The van der Waals surface area contributed by atoms with E-state index in [-0.39, 0.29) is 0 Å². The molecule has 0 aliphatic carbocycles. The van der Waals surface area contributed by atoms with Crippen molar-refractivity contribution in [3.05, 3.63) is 66.0 Å². The molecule has 10 nitrogen and oxygen atoms in total. The standard InChI is InChI=1S/C27H36N4O6/c1-24(2,3)37-23(35)31-25(4,5)20(32)30-27(18-13-10-9-11-14-18,19-15-12-16-28-17-19)21(33)29-26(6,7)22(34)36-8/h9-17H,1-8H3,(H,29,33)(H,30,32)(H,31,35). The van der Waals surface area contributed by atoms with E-state index in [9.17, 15) is 19.2 Å². The molecular formula is C27H36N4O6. The maximum atomic E-state index is 14.1. The van der Waals surface area contributed by atoms with Crippen molar-refractivity contribution in [3.63, 3.8) is 0 Å². The summed E-state index contributed by atoms with van der Waals surface area (Å²) >= 11 is 0. The van der Waals surface area contributed by atoms with Crippen LogP contribution in [0.25, 0.3) is 0 Å². The van der Waals surface area contributed by atoms with E-state index in [1.54, 1.807) is 63.2 Å². The number of hydrogen-bond acceptors (Lipinski definition) is 7. The van der Waals surface area contributed by atoms with Gasteiger partial charge in [-0.2, -0.15) is 0 Å². The summed E-state index contributed by atoms with van der Waals surface area (Å²) in [6.07, 6.45) is 2.19. The van der Waals surface area contributed by atoms with Gasteiger partial charge in [-0.15, -0.1) is 0 Å². The first kappa shape index (κ1) is 29.3. The molecule has 2 rings (SSSR count). The normalized spacial score (nSPS) is 13.5. The Morgan fingerprint density at radius 1 is 0.730 bits per heavy atom. The minimum atomic E-state index is -1.83. The van der Waals surface area contributed by atoms with Gasteiger partial charge in [-0.3, -0.25) is 14.6 Å². The van der Waals surface area contributed by atoms with Crippen LogP contribution in [-0.4, -0.2) is 52.6 Å². The molecule has 0 aliphatic rings. The molecule has 0 radical (unpaired) electrons. The number of ether oxygens (including phenoxy) is 2. The van der Waals surface area contributed by atoms with Crippen LogP contribution in [0.5, 0.6) is 0 Å². The van der Waals surface area contributed by atoms with E-state index >= 15 is 0 Å². The summed E-state index contributed by atoms with van der Waals surface area (Å²) < 4.78 is 10.1. The van der Waals surface area contributed by atoms with Gasteiger partial charge in [0.15, 0.2) is 5.54 Å². The van der Waals surface area contributed by atoms with E-state index in [1.165, 1.54) is 47.2 Å². The van der Waals surface area contributed by atoms with Crippen LogP contribution < -0.4 is 16.0 Å². The first-order valence-electron chi connectivity index (χ1n) is 11.8. The molecule has 3 amide bonds. The van der Waals surface area contributed by atoms with Crippen molar-refractivity contribution in [1.82, 2.24) is 20.9 Å². The monoisotopic (exact) mass is 512 g/mol. The maximum absolute atomic E-state index is 14.1. The van der Waals surface area contributed by atoms with Gasteiger partial charge in [-0.1, -0.05) is 36.4 Å². The molecule has 3 N–H and O–H groups in total. The van der Waals surface area contributed by atoms with Crippen molar-refractivity contribution in [2.75, 3.05) is 7.11 Å². The molecule has 2 aromatic rings. The molecule has 0 saturated heterocycles. The van der Waals surface area contributed by atoms with E-state index in [1.807, 2.05) is 0 Å². The van der Waals surface area contributed by atoms with Crippen LogP contribution in [0.15, 0.2) is 54.9 Å². The molecule has 0 spiro atoms. The Morgan fingerprint density at radius 3 is 1.84 bits per heavy atom. The quantitative estimate of drug-likeness (QED) is 0.463. The van der Waals surface area contributed by atoms with Gasteiger partial charge in [0.25, 0.3) is 5.91 Å². The van der Waals surface area contributed by atoms with Crippen molar-refractivity contribution in [1.29, 1.82) is 0 Å². The summed E-state index contributed by atoms with van der Waals surface area (Å²) in [5.41, 5.74) is -4.79. The number of nitrogens with one attached hydrogen (secondary N) is 3. The molecule has 1 atom stereocenters. The van der Waals surface area contributed by atoms with Gasteiger partial charge in [0.1, 0.15) is 16.7 Å². The van der Waals surface area contributed by atoms with Crippen molar-refractivity contribution < 1.29 is 28.7 Å². The highest BCUT2D eigenvalue weighted by molar-refractivity contribution is 6.00. The Kier molecular flexibility index (Phi) is 8.69. The molecule has 37 heavy (non-hydrogen) atoms. The smallest absolute Gasteiger partial charge is 0.408 e. The van der Waals surface area contributed by atoms with Crippen LogP contribution in [0.4, 0.5) is 4.79 Å². The molecule has 0 bridgehead atoms. The average Bonchev–Trinajstić information content (AvgIpc) is 2.80. The first-order valence-corrected chi connectivity index (χ1v) is 11.8. The zero-order valence-electron chi connectivity index (χ0n) is 22.6. The Balaban J connectivity index is 2.63. The third-order valence-electron chi connectivity index (χ3n) is 5.45. The van der Waals surface area contributed by atoms with Crippen molar-refractivity contribution in [2.45, 2.75) is 70.7 Å². The summed E-state index contributed by atoms with van der Waals surface area (Å²) in [4.78, 5) is 56.8. The number of carbonyl (C=O) groups is 4. The first-order chi connectivity index (χ1) is 17.0. The highest BCUT2D eigenvalue weighted by atomic mass is 16.6. The predicted molar refractivity (Wildman–Crippen MR) is 137 cm³/mol. The number of methoxy groups -OCH3 is 1. The van der Waals surface area contributed by atoms with Gasteiger partial charge < -0.3 is 25.4 Å². The third-order valence-corrected chi connectivity index (χ3v) is 5.45. The molecule has 0 aliphatic heterocycles. The van der Waals surface area contributed by atoms with Gasteiger partial charge in [0.2, 0.25) is 5.91 Å². The second-order valence-electron chi connectivity index (χ2n) is 10.6. The lowest BCUT2D eigenvalue weighted by Crippen LogP contribution is -2.66. The van der Waals surface area contributed by atoms with E-state index in [2.05, 4.69) is 20.9 Å². The highest BCUT2D eigenvalue weighted by Gasteiger charge is 2.49. The molecular weight excluding hydrogens is 476 g/mol. The molecule has 1 unspecified atom stereocenters. The number of amides is 3. The lowest BCUT2D eigenvalue weighted by Gasteiger charge is -2.39. The summed E-state index contributed by atoms with van der Waals surface area (Å²) in [5, 5.41) is 8.10. The van der Waals surface area contributed by atoms with Crippen LogP contribution in [0.1, 0.15) is 59.6 Å². The summed E-state index contributed by atoms with van der Waals surface area (Å²) in [6.45, 7) is 11.1. The highest BCUT2D eigenvalue weighted by Crippen LogP contribution is 2.31. The summed E-state index contributed by atoms with van der Waals surface area (Å²) in [5.74, 6) is -2.06. The van der Waals surface area contributed by atoms with Gasteiger partial charge in [-0.25, -0.2) is 9.59 Å². The molecule has 0 saturated carbocycles. The molecule has 0 fully saturated rings. The Labute approximate surface area is 217 Å². The number of aromatic nitrogens is 1. The fourth-order valence-corrected chi connectivity index (χ4v) is 3.53. The predicted octanol–water partition coefficient (Wildman–Crippen LogP) is 2.81. The van der Waals surface area contributed by atoms with Crippen LogP contribution in [0.3, 0.4) is 0 Å². The molecule has 1 aromatic heterocycles. The maximum Gasteiger partial charge on any atom is 0.408 e. The molecule has 10 heteroatoms. The van der Waals surface area contributed by atoms with Gasteiger partial charge >= 0.3 is 12.1 Å². The lowest BCUT2D eigenvalue weighted by molar-refractivity contribution is -0.150. The van der Waals surface area contributed by atoms with Crippen molar-refractivity contribution in [2.24, 2.45) is 0 Å². The Morgan fingerprint density at radius 2 is 1.32 bits per heavy atom. The summed E-state index contributed by atoms with van der Waals surface area (Å²) in [6, 6.07) is 11.8. The van der Waals surface area contributed by atoms with E-state index in [4.69, 9.17) is 9.47 Å². The van der Waals surface area contributed by atoms with Crippen molar-refractivity contribution >= 4 is 23.9 Å². The summed E-state index contributed by atoms with van der Waals surface area (Å²) in [7, 11) is 1.22. The second-order valence-corrected chi connectivity index (χ2v) is 10.6. The van der Waals surface area contributed by atoms with Crippen molar-refractivity contribution in [3.8, 4) is 0 Å². The molecule has 1 aromatic carbocycles. The van der Waals surface area contributed by atoms with E-state index in [0.29, 0.717) is 11.1 Å². The topological polar surface area (TPSA) is 136 Å².